The van der Waals surface area contributed by atoms with Gasteiger partial charge in [0.05, 0.1) is 19.8 Å². The van der Waals surface area contributed by atoms with Crippen LogP contribution in [0.5, 0.6) is 5.75 Å². The Balaban J connectivity index is 3.13. The van der Waals surface area contributed by atoms with Gasteiger partial charge in [-0.05, 0) is 30.5 Å². The molecule has 0 aromatic heterocycles. The Morgan fingerprint density at radius 2 is 1.86 bits per heavy atom. The lowest BCUT2D eigenvalue weighted by Gasteiger charge is -2.14. The van der Waals surface area contributed by atoms with Crippen molar-refractivity contribution in [3.63, 3.8) is 0 Å². The third-order valence-electron chi connectivity index (χ3n) is 2.31. The maximum absolute atomic E-state index is 8.94. The zero-order valence-corrected chi connectivity index (χ0v) is 8.87. The van der Waals surface area contributed by atoms with E-state index in [1.54, 1.807) is 7.11 Å². The highest BCUT2D eigenvalue weighted by Gasteiger charge is 2.09. The number of aliphatic hydroxyl groups is 1. The number of rotatable bonds is 3. The molecule has 3 nitrogen and oxygen atoms in total. The lowest BCUT2D eigenvalue weighted by molar-refractivity contribution is 0.268. The third kappa shape index (κ3) is 2.05. The molecular formula is C11H17NO2. The Morgan fingerprint density at radius 3 is 2.21 bits per heavy atom. The molecule has 14 heavy (non-hydrogen) atoms. The molecule has 0 saturated heterocycles. The summed E-state index contributed by atoms with van der Waals surface area (Å²) in [4.78, 5) is 0. The predicted octanol–water partition coefficient (Wildman–Crippen LogP) is 1.30. The van der Waals surface area contributed by atoms with Crippen molar-refractivity contribution in [2.45, 2.75) is 19.9 Å². The second-order valence-corrected chi connectivity index (χ2v) is 3.48. The maximum atomic E-state index is 8.94. The highest BCUT2D eigenvalue weighted by atomic mass is 16.5. The van der Waals surface area contributed by atoms with E-state index in [2.05, 4.69) is 0 Å². The topological polar surface area (TPSA) is 55.5 Å². The molecule has 0 aliphatic rings. The van der Waals surface area contributed by atoms with Gasteiger partial charge in [-0.15, -0.1) is 0 Å². The highest BCUT2D eigenvalue weighted by Crippen LogP contribution is 2.26. The average Bonchev–Trinajstić information content (AvgIpc) is 2.16. The van der Waals surface area contributed by atoms with E-state index in [1.165, 1.54) is 0 Å². The molecule has 1 rings (SSSR count). The summed E-state index contributed by atoms with van der Waals surface area (Å²) in [6, 6.07) is 3.60. The fourth-order valence-electron chi connectivity index (χ4n) is 1.63. The van der Waals surface area contributed by atoms with Crippen molar-refractivity contribution < 1.29 is 9.84 Å². The molecule has 0 bridgehead atoms. The molecule has 0 aliphatic carbocycles. The van der Waals surface area contributed by atoms with Crippen LogP contribution in [0.2, 0.25) is 0 Å². The van der Waals surface area contributed by atoms with E-state index in [-0.39, 0.29) is 12.6 Å². The second-order valence-electron chi connectivity index (χ2n) is 3.48. The average molecular weight is 195 g/mol. The fraction of sp³-hybridized carbons (Fsp3) is 0.455. The monoisotopic (exact) mass is 195 g/mol. The van der Waals surface area contributed by atoms with Gasteiger partial charge in [0.1, 0.15) is 5.75 Å². The zero-order chi connectivity index (χ0) is 10.7. The molecular weight excluding hydrogens is 178 g/mol. The predicted molar refractivity (Wildman–Crippen MR) is 56.5 cm³/mol. The Morgan fingerprint density at radius 1 is 1.36 bits per heavy atom. The first-order chi connectivity index (χ1) is 6.60. The molecule has 1 atom stereocenters. The summed E-state index contributed by atoms with van der Waals surface area (Å²) >= 11 is 0. The van der Waals surface area contributed by atoms with Gasteiger partial charge < -0.3 is 15.6 Å². The standard InChI is InChI=1S/C11H17NO2/c1-7-4-9(10(12)6-13)5-8(2)11(7)14-3/h4-5,10,13H,6,12H2,1-3H3/t10-/m0/s1. The molecule has 0 aliphatic heterocycles. The van der Waals surface area contributed by atoms with Gasteiger partial charge in [-0.3, -0.25) is 0 Å². The lowest BCUT2D eigenvalue weighted by Crippen LogP contribution is -2.15. The van der Waals surface area contributed by atoms with Crippen LogP contribution in [-0.4, -0.2) is 18.8 Å². The number of ether oxygens (including phenoxy) is 1. The minimum atomic E-state index is -0.307. The Bertz CT molecular complexity index is 300. The van der Waals surface area contributed by atoms with Crippen LogP contribution < -0.4 is 10.5 Å². The van der Waals surface area contributed by atoms with Gasteiger partial charge in [-0.25, -0.2) is 0 Å². The normalized spacial score (nSPS) is 12.6. The number of hydrogen-bond donors (Lipinski definition) is 2. The van der Waals surface area contributed by atoms with Crippen LogP contribution in [0.1, 0.15) is 22.7 Å². The molecule has 3 heteroatoms. The van der Waals surface area contributed by atoms with E-state index in [0.29, 0.717) is 0 Å². The Kier molecular flexibility index (Phi) is 3.49. The maximum Gasteiger partial charge on any atom is 0.124 e. The van der Waals surface area contributed by atoms with E-state index < -0.39 is 0 Å². The number of aryl methyl sites for hydroxylation is 2. The van der Waals surface area contributed by atoms with Crippen molar-refractivity contribution in [1.82, 2.24) is 0 Å². The highest BCUT2D eigenvalue weighted by molar-refractivity contribution is 5.44. The smallest absolute Gasteiger partial charge is 0.124 e. The minimum Gasteiger partial charge on any atom is -0.496 e. The van der Waals surface area contributed by atoms with Gasteiger partial charge in [0.25, 0.3) is 0 Å². The molecule has 78 valence electrons. The van der Waals surface area contributed by atoms with Crippen molar-refractivity contribution in [2.24, 2.45) is 5.73 Å². The van der Waals surface area contributed by atoms with Gasteiger partial charge >= 0.3 is 0 Å². The van der Waals surface area contributed by atoms with E-state index in [0.717, 1.165) is 22.4 Å². The Hall–Kier alpha value is -1.06. The van der Waals surface area contributed by atoms with Crippen LogP contribution in [0.4, 0.5) is 0 Å². The van der Waals surface area contributed by atoms with Crippen LogP contribution in [0.3, 0.4) is 0 Å². The molecule has 0 fully saturated rings. The van der Waals surface area contributed by atoms with E-state index in [1.807, 2.05) is 26.0 Å². The van der Waals surface area contributed by atoms with Gasteiger partial charge in [0.2, 0.25) is 0 Å². The number of benzene rings is 1. The first kappa shape index (κ1) is 11.0. The number of aliphatic hydroxyl groups excluding tert-OH is 1. The van der Waals surface area contributed by atoms with Crippen LogP contribution in [0.25, 0.3) is 0 Å². The van der Waals surface area contributed by atoms with Crippen molar-refractivity contribution in [2.75, 3.05) is 13.7 Å². The van der Waals surface area contributed by atoms with Crippen molar-refractivity contribution in [1.29, 1.82) is 0 Å². The largest absolute Gasteiger partial charge is 0.496 e. The zero-order valence-electron chi connectivity index (χ0n) is 8.87. The number of nitrogens with two attached hydrogens (primary N) is 1. The van der Waals surface area contributed by atoms with Crippen LogP contribution >= 0.6 is 0 Å². The van der Waals surface area contributed by atoms with Crippen LogP contribution in [0.15, 0.2) is 12.1 Å². The van der Waals surface area contributed by atoms with Gasteiger partial charge in [0, 0.05) is 0 Å². The van der Waals surface area contributed by atoms with E-state index >= 15 is 0 Å². The minimum absolute atomic E-state index is 0.0365. The number of hydrogen-bond acceptors (Lipinski definition) is 3. The van der Waals surface area contributed by atoms with Crippen molar-refractivity contribution in [3.8, 4) is 5.75 Å². The molecule has 0 radical (unpaired) electrons. The summed E-state index contributed by atoms with van der Waals surface area (Å²) in [7, 11) is 1.65. The van der Waals surface area contributed by atoms with Gasteiger partial charge in [-0.2, -0.15) is 0 Å². The quantitative estimate of drug-likeness (QED) is 0.764. The molecule has 1 aromatic carbocycles. The fourth-order valence-corrected chi connectivity index (χ4v) is 1.63. The molecule has 0 amide bonds. The second kappa shape index (κ2) is 4.44. The van der Waals surface area contributed by atoms with Crippen molar-refractivity contribution >= 4 is 0 Å². The first-order valence-corrected chi connectivity index (χ1v) is 4.61. The molecule has 0 heterocycles. The molecule has 0 spiro atoms. The van der Waals surface area contributed by atoms with Crippen LogP contribution in [-0.2, 0) is 0 Å². The third-order valence-corrected chi connectivity index (χ3v) is 2.31. The van der Waals surface area contributed by atoms with Gasteiger partial charge in [0.15, 0.2) is 0 Å². The SMILES string of the molecule is COc1c(C)cc([C@@H](N)CO)cc1C. The van der Waals surface area contributed by atoms with Crippen molar-refractivity contribution in [3.05, 3.63) is 28.8 Å². The summed E-state index contributed by atoms with van der Waals surface area (Å²) < 4.78 is 5.24. The molecule has 3 N–H and O–H groups in total. The van der Waals surface area contributed by atoms with Gasteiger partial charge in [-0.1, -0.05) is 12.1 Å². The lowest BCUT2D eigenvalue weighted by atomic mass is 10.0. The molecule has 1 aromatic rings. The first-order valence-electron chi connectivity index (χ1n) is 4.61. The molecule has 0 saturated carbocycles. The Labute approximate surface area is 84.5 Å². The molecule has 0 unspecified atom stereocenters. The summed E-state index contributed by atoms with van der Waals surface area (Å²) in [5.41, 5.74) is 8.78. The van der Waals surface area contributed by atoms with Crippen LogP contribution in [0, 0.1) is 13.8 Å². The number of methoxy groups -OCH3 is 1. The summed E-state index contributed by atoms with van der Waals surface area (Å²) in [5, 5.41) is 8.94. The van der Waals surface area contributed by atoms with E-state index in [4.69, 9.17) is 15.6 Å². The summed E-state index contributed by atoms with van der Waals surface area (Å²) in [6.07, 6.45) is 0. The summed E-state index contributed by atoms with van der Waals surface area (Å²) in [6.45, 7) is 3.91. The summed E-state index contributed by atoms with van der Waals surface area (Å²) in [5.74, 6) is 0.888. The van der Waals surface area contributed by atoms with E-state index in [9.17, 15) is 0 Å².